The van der Waals surface area contributed by atoms with Gasteiger partial charge in [0.15, 0.2) is 0 Å². The van der Waals surface area contributed by atoms with Crippen molar-refractivity contribution in [2.75, 3.05) is 5.32 Å². The molecule has 0 aliphatic heterocycles. The van der Waals surface area contributed by atoms with E-state index in [0.29, 0.717) is 42.9 Å². The number of aromatic amines is 1. The number of halogens is 3. The van der Waals surface area contributed by atoms with E-state index in [1.807, 2.05) is 13.0 Å². The standard InChI is InChI=1S/C26H26F3N7O2S/c1-15-10-17(12-19(11-15)34-24-30-8-5-21(35-24)26(27,28)29)20-14-32-23(39-20)25(38)6-2-16(3-7-25)22(37)31-13-18-4-9-33-36-18/h4-5,8-12,14,16,38H,2-3,6-7,13H2,1H3,(H,31,37)(H,33,36)(H,30,34,35). The van der Waals surface area contributed by atoms with Gasteiger partial charge >= 0.3 is 6.18 Å². The molecule has 0 unspecified atom stereocenters. The van der Waals surface area contributed by atoms with Gasteiger partial charge < -0.3 is 15.7 Å². The molecule has 0 bridgehead atoms. The van der Waals surface area contributed by atoms with Gasteiger partial charge in [0.25, 0.3) is 0 Å². The number of rotatable bonds is 7. The molecule has 1 amide bonds. The first kappa shape index (κ1) is 26.8. The predicted octanol–water partition coefficient (Wildman–Crippen LogP) is 5.09. The van der Waals surface area contributed by atoms with E-state index in [1.54, 1.807) is 30.6 Å². The number of nitrogens with one attached hydrogen (secondary N) is 3. The lowest BCUT2D eigenvalue weighted by atomic mass is 9.78. The monoisotopic (exact) mass is 557 g/mol. The number of alkyl halides is 3. The molecule has 1 aliphatic carbocycles. The highest BCUT2D eigenvalue weighted by Gasteiger charge is 2.39. The Bertz CT molecular complexity index is 1450. The van der Waals surface area contributed by atoms with Crippen molar-refractivity contribution in [3.8, 4) is 10.4 Å². The molecule has 4 aromatic rings. The molecule has 1 fully saturated rings. The number of aliphatic hydroxyl groups is 1. The van der Waals surface area contributed by atoms with Crippen LogP contribution in [0.5, 0.6) is 0 Å². The predicted molar refractivity (Wildman–Crippen MR) is 139 cm³/mol. The van der Waals surface area contributed by atoms with Gasteiger partial charge in [0.05, 0.1) is 17.1 Å². The van der Waals surface area contributed by atoms with Gasteiger partial charge in [-0.1, -0.05) is 6.07 Å². The Morgan fingerprint density at radius 3 is 2.69 bits per heavy atom. The topological polar surface area (TPSA) is 129 Å². The fourth-order valence-corrected chi connectivity index (χ4v) is 5.66. The molecule has 13 heteroatoms. The van der Waals surface area contributed by atoms with E-state index >= 15 is 0 Å². The van der Waals surface area contributed by atoms with E-state index in [9.17, 15) is 23.1 Å². The van der Waals surface area contributed by atoms with Crippen LogP contribution in [0.2, 0.25) is 0 Å². The van der Waals surface area contributed by atoms with Crippen LogP contribution in [0.15, 0.2) is 48.9 Å². The summed E-state index contributed by atoms with van der Waals surface area (Å²) in [7, 11) is 0. The Morgan fingerprint density at radius 2 is 1.97 bits per heavy atom. The number of amides is 1. The van der Waals surface area contributed by atoms with Gasteiger partial charge in [-0.05, 0) is 68.0 Å². The Morgan fingerprint density at radius 1 is 1.18 bits per heavy atom. The van der Waals surface area contributed by atoms with Crippen molar-refractivity contribution < 1.29 is 23.1 Å². The average Bonchev–Trinajstić information content (AvgIpc) is 3.60. The highest BCUT2D eigenvalue weighted by molar-refractivity contribution is 7.15. The molecular weight excluding hydrogens is 531 g/mol. The summed E-state index contributed by atoms with van der Waals surface area (Å²) in [6.07, 6.45) is 1.70. The Balaban J connectivity index is 1.25. The molecule has 1 aliphatic rings. The minimum absolute atomic E-state index is 0.0454. The van der Waals surface area contributed by atoms with Crippen molar-refractivity contribution in [1.82, 2.24) is 30.5 Å². The van der Waals surface area contributed by atoms with Gasteiger partial charge in [0, 0.05) is 30.2 Å². The summed E-state index contributed by atoms with van der Waals surface area (Å²) in [4.78, 5) is 25.3. The molecule has 0 saturated heterocycles. The summed E-state index contributed by atoms with van der Waals surface area (Å²) in [5.74, 6) is -0.391. The van der Waals surface area contributed by atoms with Gasteiger partial charge in [0.1, 0.15) is 16.3 Å². The first-order valence-electron chi connectivity index (χ1n) is 12.3. The van der Waals surface area contributed by atoms with E-state index in [1.165, 1.54) is 11.3 Å². The number of thiazole rings is 1. The van der Waals surface area contributed by atoms with Gasteiger partial charge in [-0.2, -0.15) is 18.3 Å². The number of nitrogens with zero attached hydrogens (tertiary/aromatic N) is 4. The zero-order chi connectivity index (χ0) is 27.6. The fourth-order valence-electron chi connectivity index (χ4n) is 4.61. The minimum atomic E-state index is -4.57. The number of hydrogen-bond donors (Lipinski definition) is 4. The number of H-pyrrole nitrogens is 1. The second-order valence-electron chi connectivity index (χ2n) is 9.61. The molecule has 1 saturated carbocycles. The Hall–Kier alpha value is -3.84. The second kappa shape index (κ2) is 10.7. The van der Waals surface area contributed by atoms with E-state index in [0.717, 1.165) is 34.0 Å². The van der Waals surface area contributed by atoms with Crippen LogP contribution in [0.25, 0.3) is 10.4 Å². The summed E-state index contributed by atoms with van der Waals surface area (Å²) in [6.45, 7) is 2.25. The third-order valence-corrected chi connectivity index (χ3v) is 7.90. The van der Waals surface area contributed by atoms with Crippen molar-refractivity contribution in [1.29, 1.82) is 0 Å². The van der Waals surface area contributed by atoms with E-state index in [2.05, 4.69) is 35.8 Å². The summed E-state index contributed by atoms with van der Waals surface area (Å²) >= 11 is 1.36. The van der Waals surface area contributed by atoms with E-state index in [-0.39, 0.29) is 17.8 Å². The quantitative estimate of drug-likeness (QED) is 0.249. The van der Waals surface area contributed by atoms with Crippen molar-refractivity contribution in [2.24, 2.45) is 5.92 Å². The van der Waals surface area contributed by atoms with Crippen molar-refractivity contribution in [2.45, 2.75) is 50.9 Å². The molecule has 0 atom stereocenters. The summed E-state index contributed by atoms with van der Waals surface area (Å²) in [5, 5.41) is 24.4. The fraction of sp³-hybridized carbons (Fsp3) is 0.346. The summed E-state index contributed by atoms with van der Waals surface area (Å²) < 4.78 is 39.1. The molecule has 0 spiro atoms. The molecule has 9 nitrogen and oxygen atoms in total. The molecule has 204 valence electrons. The highest BCUT2D eigenvalue weighted by Crippen LogP contribution is 2.43. The third-order valence-electron chi connectivity index (χ3n) is 6.66. The first-order chi connectivity index (χ1) is 18.6. The second-order valence-corrected chi connectivity index (χ2v) is 10.6. The van der Waals surface area contributed by atoms with E-state index in [4.69, 9.17) is 0 Å². The van der Waals surface area contributed by atoms with Crippen molar-refractivity contribution >= 4 is 28.9 Å². The molecule has 0 radical (unpaired) electrons. The zero-order valence-corrected chi connectivity index (χ0v) is 21.7. The van der Waals surface area contributed by atoms with Crippen LogP contribution in [0.3, 0.4) is 0 Å². The van der Waals surface area contributed by atoms with Crippen molar-refractivity contribution in [3.63, 3.8) is 0 Å². The summed E-state index contributed by atoms with van der Waals surface area (Å²) in [5.41, 5.74) is 0.863. The summed E-state index contributed by atoms with van der Waals surface area (Å²) in [6, 6.07) is 8.10. The number of carbonyl (C=O) groups is 1. The number of aryl methyl sites for hydroxylation is 1. The maximum absolute atomic E-state index is 13.0. The van der Waals surface area contributed by atoms with Gasteiger partial charge in [-0.15, -0.1) is 11.3 Å². The smallest absolute Gasteiger partial charge is 0.383 e. The van der Waals surface area contributed by atoms with Crippen LogP contribution in [0.1, 0.15) is 47.6 Å². The lowest BCUT2D eigenvalue weighted by Gasteiger charge is -2.33. The molecule has 4 N–H and O–H groups in total. The lowest BCUT2D eigenvalue weighted by Crippen LogP contribution is -2.38. The lowest BCUT2D eigenvalue weighted by molar-refractivity contribution is -0.141. The third kappa shape index (κ3) is 6.25. The Labute approximate surface area is 225 Å². The number of anilines is 2. The Kier molecular flexibility index (Phi) is 7.36. The van der Waals surface area contributed by atoms with Gasteiger partial charge in [-0.3, -0.25) is 9.89 Å². The first-order valence-corrected chi connectivity index (χ1v) is 13.1. The minimum Gasteiger partial charge on any atom is -0.383 e. The maximum Gasteiger partial charge on any atom is 0.433 e. The molecule has 1 aromatic carbocycles. The maximum atomic E-state index is 13.0. The van der Waals surface area contributed by atoms with Crippen LogP contribution in [0.4, 0.5) is 24.8 Å². The largest absolute Gasteiger partial charge is 0.433 e. The van der Waals surface area contributed by atoms with Gasteiger partial charge in [0.2, 0.25) is 11.9 Å². The molecule has 39 heavy (non-hydrogen) atoms. The van der Waals surface area contributed by atoms with Crippen LogP contribution in [0, 0.1) is 12.8 Å². The van der Waals surface area contributed by atoms with Crippen molar-refractivity contribution in [3.05, 3.63) is 70.9 Å². The number of carbonyl (C=O) groups excluding carboxylic acids is 1. The molecule has 3 aromatic heterocycles. The molecule has 5 rings (SSSR count). The van der Waals surface area contributed by atoms with Crippen LogP contribution >= 0.6 is 11.3 Å². The SMILES string of the molecule is Cc1cc(Nc2nccc(C(F)(F)F)n2)cc(-c2cnc(C3(O)CCC(C(=O)NCc4ccn[nH]4)CC3)s2)c1. The van der Waals surface area contributed by atoms with Crippen LogP contribution in [-0.2, 0) is 23.1 Å². The number of hydrogen-bond acceptors (Lipinski definition) is 8. The molecule has 3 heterocycles. The number of aromatic nitrogens is 5. The molecular formula is C26H26F3N7O2S. The highest BCUT2D eigenvalue weighted by atomic mass is 32.1. The normalized spacial score (nSPS) is 19.6. The van der Waals surface area contributed by atoms with Crippen LogP contribution in [-0.4, -0.2) is 36.2 Å². The number of benzene rings is 1. The van der Waals surface area contributed by atoms with E-state index < -0.39 is 17.5 Å². The van der Waals surface area contributed by atoms with Gasteiger partial charge in [-0.25, -0.2) is 15.0 Å². The zero-order valence-electron chi connectivity index (χ0n) is 20.9. The average molecular weight is 558 g/mol. The van der Waals surface area contributed by atoms with Crippen LogP contribution < -0.4 is 10.6 Å².